The lowest BCUT2D eigenvalue weighted by Gasteiger charge is -2.29. The molecule has 0 saturated carbocycles. The number of anilines is 1. The highest BCUT2D eigenvalue weighted by Crippen LogP contribution is 2.37. The second-order valence-electron chi connectivity index (χ2n) is 5.53. The van der Waals surface area contributed by atoms with Gasteiger partial charge in [-0.15, -0.1) is 0 Å². The smallest absolute Gasteiger partial charge is 0.312 e. The summed E-state index contributed by atoms with van der Waals surface area (Å²) in [6, 6.07) is 7.13. The van der Waals surface area contributed by atoms with Crippen LogP contribution in [0.2, 0.25) is 0 Å². The fourth-order valence-electron chi connectivity index (χ4n) is 2.75. The summed E-state index contributed by atoms with van der Waals surface area (Å²) in [5.41, 5.74) is 6.47. The number of carboxylic acid groups (broad SMARTS) is 1. The van der Waals surface area contributed by atoms with Crippen molar-refractivity contribution in [2.45, 2.75) is 38.1 Å². The van der Waals surface area contributed by atoms with Gasteiger partial charge in [-0.05, 0) is 25.0 Å². The number of fused-ring (bicyclic) bond motifs is 1. The van der Waals surface area contributed by atoms with Crippen molar-refractivity contribution in [1.29, 1.82) is 0 Å². The molecule has 0 bridgehead atoms. The van der Waals surface area contributed by atoms with Crippen LogP contribution in [0.15, 0.2) is 24.3 Å². The van der Waals surface area contributed by atoms with Gasteiger partial charge in [-0.2, -0.15) is 0 Å². The van der Waals surface area contributed by atoms with Gasteiger partial charge in [-0.3, -0.25) is 9.59 Å². The number of benzene rings is 1. The van der Waals surface area contributed by atoms with Crippen LogP contribution >= 0.6 is 0 Å². The average molecular weight is 276 g/mol. The quantitative estimate of drug-likeness (QED) is 0.877. The van der Waals surface area contributed by atoms with Crippen molar-refractivity contribution in [3.05, 3.63) is 29.8 Å². The number of carbonyl (C=O) groups excluding carboxylic acids is 1. The Hall–Kier alpha value is -1.88. The summed E-state index contributed by atoms with van der Waals surface area (Å²) in [7, 11) is 0. The van der Waals surface area contributed by atoms with E-state index in [0.717, 1.165) is 6.42 Å². The van der Waals surface area contributed by atoms with Gasteiger partial charge in [-0.1, -0.05) is 31.5 Å². The molecule has 5 heteroatoms. The molecule has 2 atom stereocenters. The predicted octanol–water partition coefficient (Wildman–Crippen LogP) is 1.72. The molecule has 108 valence electrons. The molecule has 1 aliphatic rings. The van der Waals surface area contributed by atoms with E-state index in [9.17, 15) is 14.7 Å². The highest BCUT2D eigenvalue weighted by Gasteiger charge is 2.41. The number of carbonyl (C=O) groups is 2. The van der Waals surface area contributed by atoms with Gasteiger partial charge in [0.2, 0.25) is 5.91 Å². The molecule has 0 spiro atoms. The Morgan fingerprint density at radius 3 is 2.70 bits per heavy atom. The van der Waals surface area contributed by atoms with E-state index in [4.69, 9.17) is 5.73 Å². The minimum Gasteiger partial charge on any atom is -0.481 e. The maximum atomic E-state index is 12.6. The number of carboxylic acids is 1. The molecule has 0 aromatic heterocycles. The second kappa shape index (κ2) is 5.25. The first-order valence-corrected chi connectivity index (χ1v) is 6.81. The number of nitrogens with zero attached hydrogens (tertiary/aromatic N) is 1. The van der Waals surface area contributed by atoms with Crippen LogP contribution in [0.5, 0.6) is 0 Å². The van der Waals surface area contributed by atoms with Gasteiger partial charge in [0.15, 0.2) is 0 Å². The number of nitrogens with two attached hydrogens (primary N) is 1. The Kier molecular flexibility index (Phi) is 3.81. The van der Waals surface area contributed by atoms with Crippen LogP contribution in [0.4, 0.5) is 5.69 Å². The van der Waals surface area contributed by atoms with E-state index in [1.54, 1.807) is 31.2 Å². The van der Waals surface area contributed by atoms with Crippen LogP contribution in [0.3, 0.4) is 0 Å². The van der Waals surface area contributed by atoms with Gasteiger partial charge in [0.25, 0.3) is 0 Å². The Morgan fingerprint density at radius 1 is 1.45 bits per heavy atom. The third kappa shape index (κ3) is 2.41. The third-order valence-corrected chi connectivity index (χ3v) is 3.77. The van der Waals surface area contributed by atoms with Crippen LogP contribution in [-0.4, -0.2) is 29.1 Å². The van der Waals surface area contributed by atoms with E-state index in [1.165, 1.54) is 4.90 Å². The van der Waals surface area contributed by atoms with Gasteiger partial charge in [0, 0.05) is 12.2 Å². The molecular formula is C15H20N2O3. The first-order chi connectivity index (χ1) is 9.38. The van der Waals surface area contributed by atoms with E-state index >= 15 is 0 Å². The summed E-state index contributed by atoms with van der Waals surface area (Å²) in [4.78, 5) is 25.5. The summed E-state index contributed by atoms with van der Waals surface area (Å²) >= 11 is 0. The topological polar surface area (TPSA) is 83.6 Å². The van der Waals surface area contributed by atoms with Crippen molar-refractivity contribution in [3.63, 3.8) is 0 Å². The van der Waals surface area contributed by atoms with Gasteiger partial charge in [-0.25, -0.2) is 0 Å². The highest BCUT2D eigenvalue weighted by molar-refractivity contribution is 6.03. The highest BCUT2D eigenvalue weighted by atomic mass is 16.4. The van der Waals surface area contributed by atoms with Crippen molar-refractivity contribution in [2.24, 2.45) is 5.73 Å². The number of hydrogen-bond acceptors (Lipinski definition) is 3. The van der Waals surface area contributed by atoms with Crippen LogP contribution in [0.25, 0.3) is 0 Å². The van der Waals surface area contributed by atoms with E-state index in [-0.39, 0.29) is 12.5 Å². The van der Waals surface area contributed by atoms with E-state index < -0.39 is 17.4 Å². The molecule has 1 aliphatic heterocycles. The SMILES string of the molecule is CCCC(C)(N)C(=O)N1CC(C(=O)O)c2ccccc21. The zero-order valence-corrected chi connectivity index (χ0v) is 11.8. The van der Waals surface area contributed by atoms with E-state index in [0.29, 0.717) is 17.7 Å². The second-order valence-corrected chi connectivity index (χ2v) is 5.53. The maximum absolute atomic E-state index is 12.6. The summed E-state index contributed by atoms with van der Waals surface area (Å²) < 4.78 is 0. The first kappa shape index (κ1) is 14.5. The molecule has 1 aromatic carbocycles. The van der Waals surface area contributed by atoms with Gasteiger partial charge in [0.1, 0.15) is 5.92 Å². The lowest BCUT2D eigenvalue weighted by Crippen LogP contribution is -2.53. The van der Waals surface area contributed by atoms with Crippen molar-refractivity contribution in [2.75, 3.05) is 11.4 Å². The predicted molar refractivity (Wildman–Crippen MR) is 76.7 cm³/mol. The summed E-state index contributed by atoms with van der Waals surface area (Å²) in [6.07, 6.45) is 1.37. The fourth-order valence-corrected chi connectivity index (χ4v) is 2.75. The lowest BCUT2D eigenvalue weighted by atomic mass is 9.95. The molecule has 1 amide bonds. The first-order valence-electron chi connectivity index (χ1n) is 6.81. The number of amides is 1. The molecule has 0 aliphatic carbocycles. The Bertz CT molecular complexity index is 540. The van der Waals surface area contributed by atoms with Gasteiger partial charge in [0.05, 0.1) is 5.54 Å². The average Bonchev–Trinajstić information content (AvgIpc) is 2.77. The molecule has 0 saturated heterocycles. The molecule has 1 heterocycles. The van der Waals surface area contributed by atoms with Crippen LogP contribution in [-0.2, 0) is 9.59 Å². The number of rotatable bonds is 4. The number of aliphatic carboxylic acids is 1. The summed E-state index contributed by atoms with van der Waals surface area (Å²) in [6.45, 7) is 3.83. The fraction of sp³-hybridized carbons (Fsp3) is 0.467. The Balaban J connectivity index is 2.36. The van der Waals surface area contributed by atoms with Crippen molar-refractivity contribution < 1.29 is 14.7 Å². The molecule has 0 radical (unpaired) electrons. The van der Waals surface area contributed by atoms with Crippen molar-refractivity contribution >= 4 is 17.6 Å². The van der Waals surface area contributed by atoms with Crippen molar-refractivity contribution in [3.8, 4) is 0 Å². The lowest BCUT2D eigenvalue weighted by molar-refractivity contribution is -0.138. The molecule has 3 N–H and O–H groups in total. The van der Waals surface area contributed by atoms with E-state index in [2.05, 4.69) is 0 Å². The Morgan fingerprint density at radius 2 is 2.10 bits per heavy atom. The minimum atomic E-state index is -0.963. The van der Waals surface area contributed by atoms with Crippen LogP contribution < -0.4 is 10.6 Å². The minimum absolute atomic E-state index is 0.157. The molecule has 0 fully saturated rings. The van der Waals surface area contributed by atoms with Crippen molar-refractivity contribution in [1.82, 2.24) is 0 Å². The van der Waals surface area contributed by atoms with Gasteiger partial charge < -0.3 is 15.7 Å². The molecule has 2 rings (SSSR count). The Labute approximate surface area is 118 Å². The molecule has 1 aromatic rings. The number of para-hydroxylation sites is 1. The van der Waals surface area contributed by atoms with E-state index in [1.807, 2.05) is 6.92 Å². The van der Waals surface area contributed by atoms with Crippen LogP contribution in [0, 0.1) is 0 Å². The summed E-state index contributed by atoms with van der Waals surface area (Å²) in [5, 5.41) is 9.30. The zero-order valence-electron chi connectivity index (χ0n) is 11.8. The third-order valence-electron chi connectivity index (χ3n) is 3.77. The number of hydrogen-bond donors (Lipinski definition) is 2. The zero-order chi connectivity index (χ0) is 14.9. The monoisotopic (exact) mass is 276 g/mol. The largest absolute Gasteiger partial charge is 0.481 e. The standard InChI is InChI=1S/C15H20N2O3/c1-3-8-15(2,16)14(20)17-9-11(13(18)19)10-6-4-5-7-12(10)17/h4-7,11H,3,8-9,16H2,1-2H3,(H,18,19). The normalized spacial score (nSPS) is 20.4. The summed E-state index contributed by atoms with van der Waals surface area (Å²) in [5.74, 6) is -1.80. The van der Waals surface area contributed by atoms with Gasteiger partial charge >= 0.3 is 5.97 Å². The maximum Gasteiger partial charge on any atom is 0.312 e. The van der Waals surface area contributed by atoms with Crippen LogP contribution in [0.1, 0.15) is 38.2 Å². The molecule has 20 heavy (non-hydrogen) atoms. The molecular weight excluding hydrogens is 256 g/mol. The molecule has 5 nitrogen and oxygen atoms in total. The molecule has 2 unspecified atom stereocenters.